The zero-order valence-electron chi connectivity index (χ0n) is 8.13. The van der Waals surface area contributed by atoms with Gasteiger partial charge in [-0.1, -0.05) is 35.9 Å². The third-order valence-corrected chi connectivity index (χ3v) is 2.54. The molecule has 1 aliphatic rings. The van der Waals surface area contributed by atoms with E-state index in [1.165, 1.54) is 6.21 Å². The second-order valence-corrected chi connectivity index (χ2v) is 3.74. The molecule has 1 unspecified atom stereocenters. The largest absolute Gasteiger partial charge is 0.357 e. The molecule has 15 heavy (non-hydrogen) atoms. The summed E-state index contributed by atoms with van der Waals surface area (Å²) in [6.07, 6.45) is 3.39. The van der Waals surface area contributed by atoms with Gasteiger partial charge >= 0.3 is 0 Å². The Morgan fingerprint density at radius 2 is 2.07 bits per heavy atom. The van der Waals surface area contributed by atoms with Crippen LogP contribution in [0.2, 0.25) is 0 Å². The first-order valence-electron chi connectivity index (χ1n) is 4.74. The van der Waals surface area contributed by atoms with Crippen molar-refractivity contribution in [2.45, 2.75) is 5.62 Å². The van der Waals surface area contributed by atoms with Crippen molar-refractivity contribution in [3.8, 4) is 0 Å². The first kappa shape index (κ1) is 10.2. The van der Waals surface area contributed by atoms with E-state index in [-0.39, 0.29) is 5.62 Å². The molecule has 0 aromatic heterocycles. The molecule has 0 radical (unpaired) electrons. The molecule has 3 nitrogen and oxygen atoms in total. The summed E-state index contributed by atoms with van der Waals surface area (Å²) in [6.45, 7) is 0.767. The van der Waals surface area contributed by atoms with Gasteiger partial charge in [0.1, 0.15) is 0 Å². The summed E-state index contributed by atoms with van der Waals surface area (Å²) in [5.41, 5.74) is 2.81. The first-order valence-corrected chi connectivity index (χ1v) is 5.18. The molecule has 0 bridgehead atoms. The Morgan fingerprint density at radius 3 is 2.67 bits per heavy atom. The number of hydrogen-bond donors (Lipinski definition) is 3. The van der Waals surface area contributed by atoms with Gasteiger partial charge < -0.3 is 10.7 Å². The molecule has 1 heterocycles. The maximum atomic E-state index is 7.10. The van der Waals surface area contributed by atoms with Crippen molar-refractivity contribution in [3.63, 3.8) is 0 Å². The normalized spacial score (nSPS) is 20.3. The third kappa shape index (κ3) is 2.37. The first-order chi connectivity index (χ1) is 7.29. The minimum absolute atomic E-state index is 0.215. The lowest BCUT2D eigenvalue weighted by atomic mass is 10.1. The zero-order valence-corrected chi connectivity index (χ0v) is 8.88. The van der Waals surface area contributed by atoms with E-state index >= 15 is 0 Å². The van der Waals surface area contributed by atoms with E-state index in [9.17, 15) is 0 Å². The second kappa shape index (κ2) is 4.47. The van der Waals surface area contributed by atoms with Crippen molar-refractivity contribution in [2.75, 3.05) is 6.54 Å². The molecule has 0 saturated carbocycles. The van der Waals surface area contributed by atoms with Crippen LogP contribution in [0.1, 0.15) is 11.1 Å². The van der Waals surface area contributed by atoms with E-state index in [4.69, 9.17) is 17.0 Å². The standard InChI is InChI=1S/C11H12ClN3/c12-11-14-6-5-10(15-11)9-3-1-8(7-13)2-4-9/h1-5,7,11,13-15H,6H2. The van der Waals surface area contributed by atoms with Crippen molar-refractivity contribution in [1.82, 2.24) is 10.6 Å². The Hall–Kier alpha value is -1.32. The highest BCUT2D eigenvalue weighted by molar-refractivity contribution is 6.20. The minimum atomic E-state index is -0.215. The zero-order chi connectivity index (χ0) is 10.7. The van der Waals surface area contributed by atoms with E-state index in [1.54, 1.807) is 0 Å². The summed E-state index contributed by atoms with van der Waals surface area (Å²) in [6, 6.07) is 7.79. The van der Waals surface area contributed by atoms with Gasteiger partial charge in [-0.05, 0) is 17.2 Å². The van der Waals surface area contributed by atoms with Crippen molar-refractivity contribution in [3.05, 3.63) is 41.5 Å². The molecule has 1 aliphatic heterocycles. The van der Waals surface area contributed by atoms with Crippen molar-refractivity contribution in [2.24, 2.45) is 0 Å². The lowest BCUT2D eigenvalue weighted by Gasteiger charge is -2.22. The van der Waals surface area contributed by atoms with Crippen LogP contribution < -0.4 is 10.6 Å². The second-order valence-electron chi connectivity index (χ2n) is 3.30. The van der Waals surface area contributed by atoms with Crippen LogP contribution >= 0.6 is 11.6 Å². The Labute approximate surface area is 93.6 Å². The molecule has 0 aliphatic carbocycles. The van der Waals surface area contributed by atoms with Crippen LogP contribution in [0.25, 0.3) is 5.70 Å². The molecule has 1 aromatic carbocycles. The van der Waals surface area contributed by atoms with Gasteiger partial charge in [0.25, 0.3) is 0 Å². The summed E-state index contributed by atoms with van der Waals surface area (Å²) in [5, 5.41) is 13.3. The molecular weight excluding hydrogens is 210 g/mol. The fourth-order valence-corrected chi connectivity index (χ4v) is 1.68. The van der Waals surface area contributed by atoms with Gasteiger partial charge in [-0.2, -0.15) is 0 Å². The molecule has 1 atom stereocenters. The van der Waals surface area contributed by atoms with Crippen molar-refractivity contribution in [1.29, 1.82) is 5.41 Å². The smallest absolute Gasteiger partial charge is 0.155 e. The minimum Gasteiger partial charge on any atom is -0.357 e. The molecule has 0 fully saturated rings. The van der Waals surface area contributed by atoms with E-state index in [1.807, 2.05) is 24.3 Å². The van der Waals surface area contributed by atoms with Gasteiger partial charge in [-0.25, -0.2) is 0 Å². The number of halogens is 1. The Morgan fingerprint density at radius 1 is 1.33 bits per heavy atom. The summed E-state index contributed by atoms with van der Waals surface area (Å²) in [5.74, 6) is 0. The molecule has 0 saturated heterocycles. The van der Waals surface area contributed by atoms with E-state index in [2.05, 4.69) is 16.7 Å². The van der Waals surface area contributed by atoms with Crippen LogP contribution in [0.4, 0.5) is 0 Å². The summed E-state index contributed by atoms with van der Waals surface area (Å²) in [7, 11) is 0. The van der Waals surface area contributed by atoms with Crippen LogP contribution in [0.15, 0.2) is 30.3 Å². The topological polar surface area (TPSA) is 47.9 Å². The number of benzene rings is 1. The number of rotatable bonds is 2. The number of nitrogens with one attached hydrogen (secondary N) is 3. The van der Waals surface area contributed by atoms with Crippen molar-refractivity contribution >= 4 is 23.5 Å². The van der Waals surface area contributed by atoms with Gasteiger partial charge in [0.2, 0.25) is 0 Å². The van der Waals surface area contributed by atoms with Gasteiger partial charge in [-0.15, -0.1) is 0 Å². The summed E-state index contributed by atoms with van der Waals surface area (Å²) < 4.78 is 0. The van der Waals surface area contributed by atoms with Crippen LogP contribution in [0.3, 0.4) is 0 Å². The van der Waals surface area contributed by atoms with Crippen LogP contribution in [-0.4, -0.2) is 18.4 Å². The lowest BCUT2D eigenvalue weighted by molar-refractivity contribution is 0.625. The van der Waals surface area contributed by atoms with E-state index < -0.39 is 0 Å². The highest BCUT2D eigenvalue weighted by Gasteiger charge is 2.10. The summed E-state index contributed by atoms with van der Waals surface area (Å²) in [4.78, 5) is 0. The quantitative estimate of drug-likeness (QED) is 0.405. The maximum absolute atomic E-state index is 7.10. The van der Waals surface area contributed by atoms with Crippen molar-refractivity contribution < 1.29 is 0 Å². The predicted octanol–water partition coefficient (Wildman–Crippen LogP) is 1.74. The van der Waals surface area contributed by atoms with Gasteiger partial charge in [0, 0.05) is 18.5 Å². The third-order valence-electron chi connectivity index (χ3n) is 2.27. The van der Waals surface area contributed by atoms with Gasteiger partial charge in [0.15, 0.2) is 5.62 Å². The molecule has 0 spiro atoms. The maximum Gasteiger partial charge on any atom is 0.155 e. The molecule has 2 rings (SSSR count). The molecule has 0 amide bonds. The monoisotopic (exact) mass is 221 g/mol. The molecule has 78 valence electrons. The summed E-state index contributed by atoms with van der Waals surface area (Å²) >= 11 is 5.92. The molecule has 3 N–H and O–H groups in total. The highest BCUT2D eigenvalue weighted by Crippen LogP contribution is 2.15. The molecule has 4 heteroatoms. The predicted molar refractivity (Wildman–Crippen MR) is 63.1 cm³/mol. The van der Waals surface area contributed by atoms with Gasteiger partial charge in [0.05, 0.1) is 0 Å². The number of hydrogen-bond acceptors (Lipinski definition) is 3. The van der Waals surface area contributed by atoms with Crippen LogP contribution in [0, 0.1) is 5.41 Å². The van der Waals surface area contributed by atoms with Crippen LogP contribution in [0.5, 0.6) is 0 Å². The Balaban J connectivity index is 2.22. The number of alkyl halides is 1. The highest BCUT2D eigenvalue weighted by atomic mass is 35.5. The fraction of sp³-hybridized carbons (Fsp3) is 0.182. The van der Waals surface area contributed by atoms with Crippen LogP contribution in [-0.2, 0) is 0 Å². The molecule has 1 aromatic rings. The SMILES string of the molecule is N=Cc1ccc(C2=CCNC(Cl)N2)cc1. The fourth-order valence-electron chi connectivity index (χ4n) is 1.47. The Kier molecular flexibility index (Phi) is 3.04. The van der Waals surface area contributed by atoms with E-state index in [0.717, 1.165) is 23.4 Å². The van der Waals surface area contributed by atoms with E-state index in [0.29, 0.717) is 0 Å². The lowest BCUT2D eigenvalue weighted by Crippen LogP contribution is -2.40. The Bertz CT molecular complexity index is 383. The average Bonchev–Trinajstić information content (AvgIpc) is 2.29. The average molecular weight is 222 g/mol. The van der Waals surface area contributed by atoms with Gasteiger partial charge in [-0.3, -0.25) is 5.32 Å². The molecular formula is C11H12ClN3.